The Bertz CT molecular complexity index is 1130. The maximum absolute atomic E-state index is 13.9. The van der Waals surface area contributed by atoms with Gasteiger partial charge in [0.25, 0.3) is 0 Å². The minimum Gasteiger partial charge on any atom is -0.322 e. The molecule has 0 bridgehead atoms. The van der Waals surface area contributed by atoms with E-state index >= 15 is 0 Å². The standard InChI is InChI=1S/C20H15F3N4O2/c1-10-18(11-5-3-2-4-6-11)26-27-14(9-15(28)25-19(10)27)20(29)24-13-8-7-12(21)16(22)17(13)23/h2-8,14H,9H2,1H3,(H,24,29)(H,25,28)/t14-/m1/s1. The third-order valence-corrected chi connectivity index (χ3v) is 4.72. The van der Waals surface area contributed by atoms with E-state index < -0.39 is 41.0 Å². The number of hydrogen-bond donors (Lipinski definition) is 2. The topological polar surface area (TPSA) is 76.0 Å². The van der Waals surface area contributed by atoms with Crippen LogP contribution in [0.5, 0.6) is 0 Å². The molecule has 0 saturated heterocycles. The van der Waals surface area contributed by atoms with Crippen LogP contribution in [0.3, 0.4) is 0 Å². The number of anilines is 2. The number of halogens is 3. The largest absolute Gasteiger partial charge is 0.322 e. The summed E-state index contributed by atoms with van der Waals surface area (Å²) in [5, 5.41) is 9.38. The lowest BCUT2D eigenvalue weighted by molar-refractivity contribution is -0.125. The van der Waals surface area contributed by atoms with E-state index in [0.29, 0.717) is 23.1 Å². The fourth-order valence-electron chi connectivity index (χ4n) is 3.25. The van der Waals surface area contributed by atoms with E-state index in [0.717, 1.165) is 11.6 Å². The summed E-state index contributed by atoms with van der Waals surface area (Å²) in [6.45, 7) is 1.76. The van der Waals surface area contributed by atoms with Crippen LogP contribution in [0, 0.1) is 24.4 Å². The van der Waals surface area contributed by atoms with Crippen LogP contribution in [0.2, 0.25) is 0 Å². The van der Waals surface area contributed by atoms with Gasteiger partial charge in [-0.15, -0.1) is 0 Å². The Hall–Kier alpha value is -3.62. The molecule has 1 aliphatic rings. The molecule has 0 saturated carbocycles. The lowest BCUT2D eigenvalue weighted by atomic mass is 10.1. The van der Waals surface area contributed by atoms with E-state index in [4.69, 9.17) is 0 Å². The van der Waals surface area contributed by atoms with Gasteiger partial charge in [-0.2, -0.15) is 5.10 Å². The molecule has 0 spiro atoms. The third-order valence-electron chi connectivity index (χ3n) is 4.72. The molecule has 2 heterocycles. The zero-order valence-electron chi connectivity index (χ0n) is 15.2. The predicted molar refractivity (Wildman–Crippen MR) is 99.6 cm³/mol. The van der Waals surface area contributed by atoms with Crippen molar-refractivity contribution in [2.45, 2.75) is 19.4 Å². The van der Waals surface area contributed by atoms with Gasteiger partial charge in [0.1, 0.15) is 11.9 Å². The maximum Gasteiger partial charge on any atom is 0.249 e. The van der Waals surface area contributed by atoms with Gasteiger partial charge < -0.3 is 10.6 Å². The van der Waals surface area contributed by atoms with Crippen molar-refractivity contribution < 1.29 is 22.8 Å². The van der Waals surface area contributed by atoms with Crippen molar-refractivity contribution in [2.75, 3.05) is 10.6 Å². The van der Waals surface area contributed by atoms with Gasteiger partial charge in [0.05, 0.1) is 17.8 Å². The summed E-state index contributed by atoms with van der Waals surface area (Å²) >= 11 is 0. The number of carbonyl (C=O) groups is 2. The molecular formula is C20H15F3N4O2. The van der Waals surface area contributed by atoms with Gasteiger partial charge >= 0.3 is 0 Å². The van der Waals surface area contributed by atoms with E-state index in [9.17, 15) is 22.8 Å². The Kier molecular flexibility index (Phi) is 4.57. The highest BCUT2D eigenvalue weighted by Crippen LogP contribution is 2.34. The van der Waals surface area contributed by atoms with Crippen molar-refractivity contribution in [1.82, 2.24) is 9.78 Å². The molecule has 0 radical (unpaired) electrons. The molecule has 2 amide bonds. The van der Waals surface area contributed by atoms with Crippen molar-refractivity contribution >= 4 is 23.3 Å². The molecule has 0 aliphatic carbocycles. The zero-order valence-corrected chi connectivity index (χ0v) is 15.2. The fourth-order valence-corrected chi connectivity index (χ4v) is 3.25. The highest BCUT2D eigenvalue weighted by atomic mass is 19.2. The molecule has 0 unspecified atom stereocenters. The second kappa shape index (κ2) is 7.08. The predicted octanol–water partition coefficient (Wildman–Crippen LogP) is 3.80. The molecule has 148 valence electrons. The minimum atomic E-state index is -1.69. The summed E-state index contributed by atoms with van der Waals surface area (Å²) in [7, 11) is 0. The lowest BCUT2D eigenvalue weighted by Crippen LogP contribution is -2.36. The van der Waals surface area contributed by atoms with E-state index in [2.05, 4.69) is 15.7 Å². The summed E-state index contributed by atoms with van der Waals surface area (Å²) < 4.78 is 41.8. The number of nitrogens with one attached hydrogen (secondary N) is 2. The Morgan fingerprint density at radius 3 is 2.59 bits per heavy atom. The van der Waals surface area contributed by atoms with Crippen LogP contribution in [0.15, 0.2) is 42.5 Å². The van der Waals surface area contributed by atoms with Gasteiger partial charge in [-0.3, -0.25) is 9.59 Å². The van der Waals surface area contributed by atoms with Crippen LogP contribution < -0.4 is 10.6 Å². The van der Waals surface area contributed by atoms with Crippen molar-refractivity contribution in [2.24, 2.45) is 0 Å². The molecule has 1 atom stereocenters. The average Bonchev–Trinajstić information content (AvgIpc) is 3.05. The molecule has 3 aromatic rings. The van der Waals surface area contributed by atoms with E-state index in [1.165, 1.54) is 4.68 Å². The number of rotatable bonds is 3. The fraction of sp³-hybridized carbons (Fsp3) is 0.150. The first-order valence-corrected chi connectivity index (χ1v) is 8.75. The summed E-state index contributed by atoms with van der Waals surface area (Å²) in [6, 6.07) is 9.75. The number of amides is 2. The summed E-state index contributed by atoms with van der Waals surface area (Å²) in [5.41, 5.74) is 1.53. The molecule has 4 rings (SSSR count). The van der Waals surface area contributed by atoms with Gasteiger partial charge in [0.15, 0.2) is 17.5 Å². The monoisotopic (exact) mass is 400 g/mol. The van der Waals surface area contributed by atoms with Crippen LogP contribution in [0.4, 0.5) is 24.7 Å². The smallest absolute Gasteiger partial charge is 0.249 e. The number of hydrogen-bond acceptors (Lipinski definition) is 3. The normalized spacial score (nSPS) is 15.6. The highest BCUT2D eigenvalue weighted by molar-refractivity contribution is 6.02. The van der Waals surface area contributed by atoms with Crippen LogP contribution in [0.25, 0.3) is 11.3 Å². The molecular weight excluding hydrogens is 385 g/mol. The Morgan fingerprint density at radius 2 is 1.86 bits per heavy atom. The first kappa shape index (κ1) is 18.7. The minimum absolute atomic E-state index is 0.237. The Labute approximate surface area is 163 Å². The quantitative estimate of drug-likeness (QED) is 0.657. The third kappa shape index (κ3) is 3.24. The lowest BCUT2D eigenvalue weighted by Gasteiger charge is -2.24. The van der Waals surface area contributed by atoms with Crippen LogP contribution >= 0.6 is 0 Å². The number of aromatic nitrogens is 2. The molecule has 2 aromatic carbocycles. The van der Waals surface area contributed by atoms with Crippen molar-refractivity contribution in [1.29, 1.82) is 0 Å². The second-order valence-electron chi connectivity index (χ2n) is 6.61. The molecule has 1 aromatic heterocycles. The first-order valence-electron chi connectivity index (χ1n) is 8.75. The van der Waals surface area contributed by atoms with Crippen molar-refractivity contribution in [3.05, 3.63) is 65.5 Å². The SMILES string of the molecule is Cc1c(-c2ccccc2)nn2c1NC(=O)C[C@@H]2C(=O)Nc1ccc(F)c(F)c1F. The van der Waals surface area contributed by atoms with Crippen molar-refractivity contribution in [3.63, 3.8) is 0 Å². The maximum atomic E-state index is 13.9. The van der Waals surface area contributed by atoms with Gasteiger partial charge in [0.2, 0.25) is 11.8 Å². The van der Waals surface area contributed by atoms with E-state index in [1.54, 1.807) is 6.92 Å². The second-order valence-corrected chi connectivity index (χ2v) is 6.61. The van der Waals surface area contributed by atoms with Crippen LogP contribution in [-0.2, 0) is 9.59 Å². The molecule has 2 N–H and O–H groups in total. The number of carbonyl (C=O) groups excluding carboxylic acids is 2. The van der Waals surface area contributed by atoms with E-state index in [-0.39, 0.29) is 6.42 Å². The van der Waals surface area contributed by atoms with Gasteiger partial charge in [-0.25, -0.2) is 17.9 Å². The zero-order chi connectivity index (χ0) is 20.7. The first-order chi connectivity index (χ1) is 13.9. The summed E-state index contributed by atoms with van der Waals surface area (Å²) in [4.78, 5) is 24.9. The Balaban J connectivity index is 1.71. The summed E-state index contributed by atoms with van der Waals surface area (Å²) in [5.74, 6) is -5.40. The average molecular weight is 400 g/mol. The molecule has 1 aliphatic heterocycles. The molecule has 29 heavy (non-hydrogen) atoms. The van der Waals surface area contributed by atoms with Gasteiger partial charge in [-0.05, 0) is 19.1 Å². The Morgan fingerprint density at radius 1 is 1.14 bits per heavy atom. The number of fused-ring (bicyclic) bond motifs is 1. The van der Waals surface area contributed by atoms with Gasteiger partial charge in [-0.1, -0.05) is 30.3 Å². The van der Waals surface area contributed by atoms with E-state index in [1.807, 2.05) is 30.3 Å². The summed E-state index contributed by atoms with van der Waals surface area (Å²) in [6.07, 6.45) is -0.237. The van der Waals surface area contributed by atoms with Crippen LogP contribution in [-0.4, -0.2) is 21.6 Å². The number of nitrogens with zero attached hydrogens (tertiary/aromatic N) is 2. The molecule has 9 heteroatoms. The highest BCUT2D eigenvalue weighted by Gasteiger charge is 2.34. The van der Waals surface area contributed by atoms with Gasteiger partial charge in [0, 0.05) is 11.1 Å². The molecule has 6 nitrogen and oxygen atoms in total. The van der Waals surface area contributed by atoms with Crippen LogP contribution in [0.1, 0.15) is 18.0 Å². The molecule has 0 fully saturated rings. The van der Waals surface area contributed by atoms with Crippen molar-refractivity contribution in [3.8, 4) is 11.3 Å². The number of benzene rings is 2.